The first-order valence-corrected chi connectivity index (χ1v) is 9.95. The molecule has 0 unspecified atom stereocenters. The Bertz CT molecular complexity index is 1040. The van der Waals surface area contributed by atoms with Crippen LogP contribution >= 0.6 is 0 Å². The van der Waals surface area contributed by atoms with E-state index in [2.05, 4.69) is 28.6 Å². The van der Waals surface area contributed by atoms with Crippen molar-refractivity contribution in [2.75, 3.05) is 13.7 Å². The molecule has 0 radical (unpaired) electrons. The molecule has 1 aliphatic heterocycles. The van der Waals surface area contributed by atoms with Crippen molar-refractivity contribution in [3.63, 3.8) is 0 Å². The fraction of sp³-hybridized carbons (Fsp3) is 0.391. The van der Waals surface area contributed by atoms with Gasteiger partial charge in [-0.15, -0.1) is 0 Å². The van der Waals surface area contributed by atoms with E-state index in [-0.39, 0.29) is 12.7 Å². The second kappa shape index (κ2) is 7.97. The lowest BCUT2D eigenvalue weighted by atomic mass is 10.1. The Balaban J connectivity index is 1.92. The maximum atomic E-state index is 9.60. The average molecular weight is 393 g/mol. The molecule has 0 amide bonds. The number of benzene rings is 1. The summed E-state index contributed by atoms with van der Waals surface area (Å²) in [4.78, 5) is 9.46. The van der Waals surface area contributed by atoms with Gasteiger partial charge in [-0.2, -0.15) is 0 Å². The number of aromatic nitrogens is 3. The first-order valence-electron chi connectivity index (χ1n) is 9.95. The molecule has 4 rings (SSSR count). The summed E-state index contributed by atoms with van der Waals surface area (Å²) < 4.78 is 13.7. The van der Waals surface area contributed by atoms with Gasteiger partial charge < -0.3 is 19.1 Å². The first kappa shape index (κ1) is 19.6. The van der Waals surface area contributed by atoms with Crippen LogP contribution in [0.4, 0.5) is 0 Å². The van der Waals surface area contributed by atoms with Crippen LogP contribution in [-0.2, 0) is 24.3 Å². The Morgan fingerprint density at radius 2 is 2.00 bits per heavy atom. The molecular weight excluding hydrogens is 366 g/mol. The summed E-state index contributed by atoms with van der Waals surface area (Å²) in [6.07, 6.45) is 0.891. The zero-order valence-electron chi connectivity index (χ0n) is 17.4. The second-order valence-corrected chi connectivity index (χ2v) is 7.60. The highest BCUT2D eigenvalue weighted by Crippen LogP contribution is 2.34. The van der Waals surface area contributed by atoms with Gasteiger partial charge in [0.15, 0.2) is 0 Å². The molecule has 0 spiro atoms. The van der Waals surface area contributed by atoms with Crippen molar-refractivity contribution in [3.8, 4) is 28.4 Å². The van der Waals surface area contributed by atoms with Crippen molar-refractivity contribution in [3.05, 3.63) is 53.0 Å². The number of aryl methyl sites for hydroxylation is 2. The van der Waals surface area contributed by atoms with E-state index in [9.17, 15) is 5.11 Å². The van der Waals surface area contributed by atoms with Gasteiger partial charge in [-0.1, -0.05) is 12.1 Å². The predicted octanol–water partition coefficient (Wildman–Crippen LogP) is 3.69. The number of imidazole rings is 1. The summed E-state index contributed by atoms with van der Waals surface area (Å²) in [6.45, 7) is 7.38. The number of fused-ring (bicyclic) bond motifs is 1. The van der Waals surface area contributed by atoms with Gasteiger partial charge in [-0.05, 0) is 44.5 Å². The SMILES string of the molecule is COc1cc(-c2nc(-c3cc(C)nc(CO)c3)c3n2C[C@@H](C)OCC3)ccc1C. The molecule has 29 heavy (non-hydrogen) atoms. The predicted molar refractivity (Wildman–Crippen MR) is 112 cm³/mol. The molecule has 152 valence electrons. The van der Waals surface area contributed by atoms with Crippen molar-refractivity contribution < 1.29 is 14.6 Å². The number of ether oxygens (including phenoxy) is 2. The molecule has 6 nitrogen and oxygen atoms in total. The van der Waals surface area contributed by atoms with Gasteiger partial charge in [-0.3, -0.25) is 4.98 Å². The molecule has 3 heterocycles. The molecule has 0 saturated heterocycles. The van der Waals surface area contributed by atoms with E-state index in [4.69, 9.17) is 14.5 Å². The number of methoxy groups -OCH3 is 1. The highest BCUT2D eigenvalue weighted by Gasteiger charge is 2.24. The van der Waals surface area contributed by atoms with E-state index < -0.39 is 0 Å². The van der Waals surface area contributed by atoms with Gasteiger partial charge in [0.25, 0.3) is 0 Å². The summed E-state index contributed by atoms with van der Waals surface area (Å²) >= 11 is 0. The lowest BCUT2D eigenvalue weighted by Crippen LogP contribution is -2.15. The van der Waals surface area contributed by atoms with E-state index >= 15 is 0 Å². The average Bonchev–Trinajstić information content (AvgIpc) is 2.94. The van der Waals surface area contributed by atoms with E-state index in [0.717, 1.165) is 58.3 Å². The van der Waals surface area contributed by atoms with Crippen LogP contribution in [0.15, 0.2) is 30.3 Å². The van der Waals surface area contributed by atoms with Crippen LogP contribution in [0, 0.1) is 13.8 Å². The third-order valence-electron chi connectivity index (χ3n) is 5.36. The van der Waals surface area contributed by atoms with Gasteiger partial charge in [0, 0.05) is 28.9 Å². The molecule has 1 aromatic carbocycles. The highest BCUT2D eigenvalue weighted by molar-refractivity contribution is 5.70. The topological polar surface area (TPSA) is 69.4 Å². The summed E-state index contributed by atoms with van der Waals surface area (Å²) in [5, 5.41) is 9.60. The smallest absolute Gasteiger partial charge is 0.141 e. The molecule has 0 aliphatic carbocycles. The van der Waals surface area contributed by atoms with Crippen LogP contribution in [0.2, 0.25) is 0 Å². The maximum Gasteiger partial charge on any atom is 0.141 e. The minimum absolute atomic E-state index is 0.0904. The minimum atomic E-state index is -0.0904. The number of aliphatic hydroxyl groups is 1. The Kier molecular flexibility index (Phi) is 5.39. The molecule has 1 atom stereocenters. The van der Waals surface area contributed by atoms with E-state index in [1.165, 1.54) is 0 Å². The molecule has 0 bridgehead atoms. The monoisotopic (exact) mass is 393 g/mol. The third-order valence-corrected chi connectivity index (χ3v) is 5.36. The van der Waals surface area contributed by atoms with Crippen molar-refractivity contribution in [1.82, 2.24) is 14.5 Å². The minimum Gasteiger partial charge on any atom is -0.496 e. The number of rotatable bonds is 4. The van der Waals surface area contributed by atoms with Crippen LogP contribution in [-0.4, -0.2) is 39.5 Å². The third kappa shape index (κ3) is 3.78. The van der Waals surface area contributed by atoms with Crippen molar-refractivity contribution in [1.29, 1.82) is 0 Å². The van der Waals surface area contributed by atoms with Gasteiger partial charge in [0.05, 0.1) is 44.4 Å². The lowest BCUT2D eigenvalue weighted by Gasteiger charge is -2.14. The zero-order chi connectivity index (χ0) is 20.5. The summed E-state index contributed by atoms with van der Waals surface area (Å²) in [5.74, 6) is 1.76. The van der Waals surface area contributed by atoms with E-state index in [1.54, 1.807) is 7.11 Å². The zero-order valence-corrected chi connectivity index (χ0v) is 17.4. The highest BCUT2D eigenvalue weighted by atomic mass is 16.5. The number of hydrogen-bond donors (Lipinski definition) is 1. The van der Waals surface area contributed by atoms with Crippen LogP contribution in [0.5, 0.6) is 5.75 Å². The van der Waals surface area contributed by atoms with Crippen LogP contribution in [0.3, 0.4) is 0 Å². The number of nitrogens with zero attached hydrogens (tertiary/aromatic N) is 3. The Morgan fingerprint density at radius 3 is 2.76 bits per heavy atom. The van der Waals surface area contributed by atoms with Gasteiger partial charge in [-0.25, -0.2) is 4.98 Å². The molecule has 1 N–H and O–H groups in total. The van der Waals surface area contributed by atoms with E-state index in [0.29, 0.717) is 12.3 Å². The Labute approximate surface area is 171 Å². The second-order valence-electron chi connectivity index (χ2n) is 7.60. The van der Waals surface area contributed by atoms with Crippen LogP contribution in [0.25, 0.3) is 22.6 Å². The molecular formula is C23H27N3O3. The molecule has 3 aromatic rings. The van der Waals surface area contributed by atoms with Gasteiger partial charge in [0.1, 0.15) is 11.6 Å². The normalized spacial score (nSPS) is 16.4. The van der Waals surface area contributed by atoms with Crippen molar-refractivity contribution in [2.24, 2.45) is 0 Å². The number of aliphatic hydroxyl groups excluding tert-OH is 1. The fourth-order valence-electron chi connectivity index (χ4n) is 3.97. The summed E-state index contributed by atoms with van der Waals surface area (Å²) in [5.41, 5.74) is 6.68. The van der Waals surface area contributed by atoms with Gasteiger partial charge in [0.2, 0.25) is 0 Å². The quantitative estimate of drug-likeness (QED) is 0.732. The molecule has 0 saturated carbocycles. The van der Waals surface area contributed by atoms with Crippen molar-refractivity contribution in [2.45, 2.75) is 46.4 Å². The van der Waals surface area contributed by atoms with Crippen LogP contribution < -0.4 is 4.74 Å². The largest absolute Gasteiger partial charge is 0.496 e. The standard InChI is InChI=1S/C23H27N3O3/c1-14-5-6-17(11-21(14)28-4)23-25-22(18-9-15(2)24-19(10-18)13-27)20-7-8-29-16(3)12-26(20)23/h5-6,9-11,16,27H,7-8,12-13H2,1-4H3/t16-/m1/s1. The maximum absolute atomic E-state index is 9.60. The number of hydrogen-bond acceptors (Lipinski definition) is 5. The molecule has 2 aromatic heterocycles. The number of pyridine rings is 1. The molecule has 0 fully saturated rings. The van der Waals surface area contributed by atoms with Crippen molar-refractivity contribution >= 4 is 0 Å². The van der Waals surface area contributed by atoms with E-state index in [1.807, 2.05) is 32.0 Å². The molecule has 6 heteroatoms. The van der Waals surface area contributed by atoms with Crippen LogP contribution in [0.1, 0.15) is 29.6 Å². The first-order chi connectivity index (χ1) is 14.0. The Hall–Kier alpha value is -2.70. The lowest BCUT2D eigenvalue weighted by molar-refractivity contribution is 0.0666. The summed E-state index contributed by atoms with van der Waals surface area (Å²) in [7, 11) is 1.69. The molecule has 1 aliphatic rings. The Morgan fingerprint density at radius 1 is 1.17 bits per heavy atom. The van der Waals surface area contributed by atoms with Gasteiger partial charge >= 0.3 is 0 Å². The fourth-order valence-corrected chi connectivity index (χ4v) is 3.97. The summed E-state index contributed by atoms with van der Waals surface area (Å²) in [6, 6.07) is 10.1.